The van der Waals surface area contributed by atoms with Crippen LogP contribution in [0.3, 0.4) is 0 Å². The number of hydrogen-bond acceptors (Lipinski definition) is 4. The highest BCUT2D eigenvalue weighted by Gasteiger charge is 2.37. The number of benzene rings is 1. The molecular formula is C29H39ClN2O3SSi. The van der Waals surface area contributed by atoms with Crippen molar-refractivity contribution in [2.24, 2.45) is 0 Å². The second kappa shape index (κ2) is 12.6. The first-order chi connectivity index (χ1) is 17.4. The maximum Gasteiger partial charge on any atom is 0.332 e. The Labute approximate surface area is 231 Å². The van der Waals surface area contributed by atoms with Gasteiger partial charge < -0.3 is 14.1 Å². The minimum absolute atomic E-state index is 0.0551. The Morgan fingerprint density at radius 2 is 1.95 bits per heavy atom. The van der Waals surface area contributed by atoms with Crippen LogP contribution in [0.1, 0.15) is 68.2 Å². The summed E-state index contributed by atoms with van der Waals surface area (Å²) in [5.41, 5.74) is 2.88. The molecule has 2 heterocycles. The molecule has 1 aromatic carbocycles. The van der Waals surface area contributed by atoms with E-state index < -0.39 is 14.3 Å². The van der Waals surface area contributed by atoms with Gasteiger partial charge in [-0.2, -0.15) is 0 Å². The lowest BCUT2D eigenvalue weighted by Crippen LogP contribution is -2.40. The fraction of sp³-hybridized carbons (Fsp3) is 0.448. The molecule has 0 radical (unpaired) electrons. The lowest BCUT2D eigenvalue weighted by atomic mass is 10.1. The van der Waals surface area contributed by atoms with Crippen LogP contribution in [0.15, 0.2) is 47.4 Å². The van der Waals surface area contributed by atoms with Crippen molar-refractivity contribution in [2.75, 3.05) is 0 Å². The molecule has 3 aromatic rings. The molecule has 0 aliphatic rings. The lowest BCUT2D eigenvalue weighted by Gasteiger charge is -2.36. The Bertz CT molecular complexity index is 1230. The first-order valence-corrected chi connectivity index (χ1v) is 17.0. The number of nitrogens with zero attached hydrogens (tertiary/aromatic N) is 2. The number of rotatable bonds is 12. The zero-order valence-corrected chi connectivity index (χ0v) is 25.4. The monoisotopic (exact) mass is 558 g/mol. The first-order valence-electron chi connectivity index (χ1n) is 12.8. The van der Waals surface area contributed by atoms with Crippen LogP contribution in [0.2, 0.25) is 23.2 Å². The maximum absolute atomic E-state index is 12.4. The van der Waals surface area contributed by atoms with Gasteiger partial charge in [0, 0.05) is 28.3 Å². The molecule has 37 heavy (non-hydrogen) atoms. The molecule has 0 fully saturated rings. The molecule has 3 rings (SSSR count). The molecule has 0 amide bonds. The zero-order valence-electron chi connectivity index (χ0n) is 22.8. The number of imidazole rings is 1. The van der Waals surface area contributed by atoms with E-state index in [2.05, 4.69) is 45.4 Å². The molecule has 8 heteroatoms. The summed E-state index contributed by atoms with van der Waals surface area (Å²) in [6.45, 7) is 14.1. The largest absolute Gasteiger partial charge is 0.478 e. The summed E-state index contributed by atoms with van der Waals surface area (Å²) in [6.07, 6.45) is 4.99. The van der Waals surface area contributed by atoms with Gasteiger partial charge >= 0.3 is 5.97 Å². The zero-order chi connectivity index (χ0) is 27.2. The van der Waals surface area contributed by atoms with E-state index in [1.807, 2.05) is 41.8 Å². The lowest BCUT2D eigenvalue weighted by molar-refractivity contribution is -0.132. The Morgan fingerprint density at radius 3 is 2.54 bits per heavy atom. The van der Waals surface area contributed by atoms with Crippen molar-refractivity contribution in [1.82, 2.24) is 9.55 Å². The van der Waals surface area contributed by atoms with E-state index in [9.17, 15) is 9.90 Å². The summed E-state index contributed by atoms with van der Waals surface area (Å²) in [5.74, 6) is 0.00739. The topological polar surface area (TPSA) is 64.3 Å². The van der Waals surface area contributed by atoms with Gasteiger partial charge in [-0.05, 0) is 53.7 Å². The van der Waals surface area contributed by atoms with Gasteiger partial charge in [-0.25, -0.2) is 9.78 Å². The number of carboxylic acid groups (broad SMARTS) is 1. The number of halogens is 1. The highest BCUT2D eigenvalue weighted by Crippen LogP contribution is 2.37. The van der Waals surface area contributed by atoms with Crippen LogP contribution < -0.4 is 0 Å². The number of thiophene rings is 1. The van der Waals surface area contributed by atoms with Gasteiger partial charge in [-0.3, -0.25) is 0 Å². The van der Waals surface area contributed by atoms with Gasteiger partial charge in [0.1, 0.15) is 5.82 Å². The normalized spacial score (nSPS) is 12.8. The molecule has 0 atom stereocenters. The second-order valence-electron chi connectivity index (χ2n) is 10.9. The summed E-state index contributed by atoms with van der Waals surface area (Å²) < 4.78 is 8.72. The number of carbonyl (C=O) groups is 1. The van der Waals surface area contributed by atoms with Gasteiger partial charge in [0.15, 0.2) is 8.32 Å². The molecule has 0 aliphatic heterocycles. The smallest absolute Gasteiger partial charge is 0.332 e. The summed E-state index contributed by atoms with van der Waals surface area (Å²) in [7, 11) is -2.05. The molecule has 200 valence electrons. The van der Waals surface area contributed by atoms with Gasteiger partial charge in [0.25, 0.3) is 0 Å². The van der Waals surface area contributed by atoms with E-state index in [0.717, 1.165) is 46.9 Å². The third kappa shape index (κ3) is 7.66. The van der Waals surface area contributed by atoms with Crippen LogP contribution in [-0.4, -0.2) is 28.9 Å². The minimum atomic E-state index is -2.05. The van der Waals surface area contributed by atoms with Gasteiger partial charge in [-0.1, -0.05) is 70.0 Å². The predicted molar refractivity (Wildman–Crippen MR) is 157 cm³/mol. The molecule has 0 saturated heterocycles. The molecular weight excluding hydrogens is 520 g/mol. The van der Waals surface area contributed by atoms with Crippen LogP contribution in [0.4, 0.5) is 0 Å². The van der Waals surface area contributed by atoms with Crippen molar-refractivity contribution in [3.05, 3.63) is 80.0 Å². The Balaban J connectivity index is 2.14. The SMILES string of the molecule is CCCCc1nc(CO[Si](C)(C)C(C)(C)C)c(C=C(Cc2cccs2)C(=O)O)n1Cc1ccccc1Cl. The quantitative estimate of drug-likeness (QED) is 0.180. The summed E-state index contributed by atoms with van der Waals surface area (Å²) in [5, 5.41) is 12.8. The molecule has 5 nitrogen and oxygen atoms in total. The second-order valence-corrected chi connectivity index (χ2v) is 17.2. The van der Waals surface area contributed by atoms with Crippen molar-refractivity contribution in [2.45, 2.75) is 84.7 Å². The molecule has 0 aliphatic carbocycles. The van der Waals surface area contributed by atoms with Gasteiger partial charge in [-0.15, -0.1) is 11.3 Å². The number of carboxylic acids is 1. The average Bonchev–Trinajstić information content (AvgIpc) is 3.45. The van der Waals surface area contributed by atoms with Crippen LogP contribution in [0.5, 0.6) is 0 Å². The number of aliphatic carboxylic acids is 1. The van der Waals surface area contributed by atoms with Crippen molar-refractivity contribution in [3.63, 3.8) is 0 Å². The van der Waals surface area contributed by atoms with Crippen LogP contribution in [0.25, 0.3) is 6.08 Å². The van der Waals surface area contributed by atoms with Gasteiger partial charge in [0.2, 0.25) is 0 Å². The number of aryl methyl sites for hydroxylation is 1. The Hall–Kier alpha value is -2.19. The standard InChI is InChI=1S/C29H39ClN2O3SSi/c1-7-8-15-27-31-25(20-35-37(5,6)29(2,3)4)26(32(27)19-21-12-9-10-14-24(21)30)18-22(28(33)34)17-23-13-11-16-36-23/h9-14,16,18H,7-8,15,17,19-20H2,1-6H3,(H,33,34). The molecule has 0 saturated carbocycles. The molecule has 0 bridgehead atoms. The molecule has 0 unspecified atom stereocenters. The van der Waals surface area contributed by atoms with Gasteiger partial charge in [0.05, 0.1) is 24.5 Å². The average molecular weight is 559 g/mol. The maximum atomic E-state index is 12.4. The van der Waals surface area contributed by atoms with Crippen molar-refractivity contribution < 1.29 is 14.3 Å². The van der Waals surface area contributed by atoms with E-state index in [-0.39, 0.29) is 5.04 Å². The first kappa shape index (κ1) is 29.4. The summed E-state index contributed by atoms with van der Waals surface area (Å²) in [6, 6.07) is 11.7. The van der Waals surface area contributed by atoms with E-state index in [4.69, 9.17) is 21.0 Å². The summed E-state index contributed by atoms with van der Waals surface area (Å²) in [4.78, 5) is 18.4. The number of hydrogen-bond donors (Lipinski definition) is 1. The Kier molecular flexibility index (Phi) is 9.97. The van der Waals surface area contributed by atoms with Crippen LogP contribution in [0, 0.1) is 0 Å². The van der Waals surface area contributed by atoms with Crippen molar-refractivity contribution in [3.8, 4) is 0 Å². The predicted octanol–water partition coefficient (Wildman–Crippen LogP) is 8.22. The van der Waals surface area contributed by atoms with E-state index in [1.165, 1.54) is 0 Å². The van der Waals surface area contributed by atoms with E-state index in [1.54, 1.807) is 17.4 Å². The van der Waals surface area contributed by atoms with E-state index in [0.29, 0.717) is 30.2 Å². The number of unbranched alkanes of at least 4 members (excludes halogenated alkanes) is 1. The molecule has 2 aromatic heterocycles. The van der Waals surface area contributed by atoms with Crippen molar-refractivity contribution >= 4 is 43.3 Å². The van der Waals surface area contributed by atoms with E-state index >= 15 is 0 Å². The Morgan fingerprint density at radius 1 is 1.22 bits per heavy atom. The number of aromatic nitrogens is 2. The van der Waals surface area contributed by atoms with Crippen LogP contribution >= 0.6 is 22.9 Å². The minimum Gasteiger partial charge on any atom is -0.478 e. The van der Waals surface area contributed by atoms with Crippen LogP contribution in [-0.2, 0) is 35.2 Å². The fourth-order valence-electron chi connectivity index (χ4n) is 3.75. The van der Waals surface area contributed by atoms with Crippen molar-refractivity contribution in [1.29, 1.82) is 0 Å². The highest BCUT2D eigenvalue weighted by atomic mass is 35.5. The third-order valence-corrected chi connectivity index (χ3v) is 12.8. The summed E-state index contributed by atoms with van der Waals surface area (Å²) >= 11 is 8.11. The highest BCUT2D eigenvalue weighted by molar-refractivity contribution is 7.09. The molecule has 1 N–H and O–H groups in total. The fourth-order valence-corrected chi connectivity index (χ4v) is 5.61. The third-order valence-electron chi connectivity index (χ3n) is 7.11. The molecule has 0 spiro atoms.